The van der Waals surface area contributed by atoms with Gasteiger partial charge in [-0.3, -0.25) is 4.79 Å². The smallest absolute Gasteiger partial charge is 0.135 e. The summed E-state index contributed by atoms with van der Waals surface area (Å²) in [6, 6.07) is 8.92. The number of unbranched alkanes of at least 4 members (excludes halogenated alkanes) is 2. The molecule has 0 radical (unpaired) electrons. The number of Topliss-reactive ketones (excluding diaryl/α,β-unsaturated/α-hetero) is 1. The van der Waals surface area contributed by atoms with E-state index in [0.29, 0.717) is 5.78 Å². The highest BCUT2D eigenvalue weighted by Crippen LogP contribution is 2.46. The second-order valence-corrected chi connectivity index (χ2v) is 9.45. The van der Waals surface area contributed by atoms with Gasteiger partial charge in [0.25, 0.3) is 0 Å². The molecule has 2 nitrogen and oxygen atoms in total. The van der Waals surface area contributed by atoms with Crippen LogP contribution in [0, 0.1) is 12.3 Å². The van der Waals surface area contributed by atoms with Gasteiger partial charge in [-0.1, -0.05) is 69.4 Å². The molecule has 28 heavy (non-hydrogen) atoms. The molecular weight excluding hydrogens is 344 g/mol. The van der Waals surface area contributed by atoms with Gasteiger partial charge in [-0.05, 0) is 76.7 Å². The van der Waals surface area contributed by atoms with Crippen LogP contribution in [0.5, 0.6) is 0 Å². The van der Waals surface area contributed by atoms with Gasteiger partial charge in [-0.2, -0.15) is 0 Å². The minimum atomic E-state index is -0.484. The SMILES string of the molecule is CCCCCC1(O)CCC(CCC)(C(C)=O)CC1.Cc1ccc(C2CC2)cc1. The second kappa shape index (κ2) is 10.6. The van der Waals surface area contributed by atoms with Crippen molar-refractivity contribution in [3.8, 4) is 0 Å². The molecule has 2 saturated carbocycles. The molecule has 2 aliphatic rings. The molecule has 0 aromatic heterocycles. The highest BCUT2D eigenvalue weighted by molar-refractivity contribution is 5.82. The van der Waals surface area contributed by atoms with Gasteiger partial charge >= 0.3 is 0 Å². The molecule has 0 heterocycles. The van der Waals surface area contributed by atoms with Crippen LogP contribution in [0.2, 0.25) is 0 Å². The molecule has 1 aromatic rings. The van der Waals surface area contributed by atoms with Crippen LogP contribution in [0.15, 0.2) is 24.3 Å². The number of hydrogen-bond acceptors (Lipinski definition) is 2. The lowest BCUT2D eigenvalue weighted by atomic mass is 9.64. The van der Waals surface area contributed by atoms with Crippen LogP contribution in [-0.2, 0) is 4.79 Å². The Balaban J connectivity index is 0.000000233. The molecular formula is C26H42O2. The van der Waals surface area contributed by atoms with Crippen molar-refractivity contribution in [2.75, 3.05) is 0 Å². The van der Waals surface area contributed by atoms with E-state index in [1.165, 1.54) is 36.8 Å². The zero-order valence-corrected chi connectivity index (χ0v) is 18.7. The predicted molar refractivity (Wildman–Crippen MR) is 119 cm³/mol. The highest BCUT2D eigenvalue weighted by Gasteiger charge is 2.43. The number of aryl methyl sites for hydroxylation is 1. The molecule has 0 amide bonds. The molecule has 0 bridgehead atoms. The summed E-state index contributed by atoms with van der Waals surface area (Å²) in [6.45, 7) is 8.20. The van der Waals surface area contributed by atoms with Crippen LogP contribution in [0.4, 0.5) is 0 Å². The van der Waals surface area contributed by atoms with Gasteiger partial charge in [-0.15, -0.1) is 0 Å². The van der Waals surface area contributed by atoms with E-state index in [4.69, 9.17) is 0 Å². The molecule has 0 saturated heterocycles. The van der Waals surface area contributed by atoms with Gasteiger partial charge in [0.2, 0.25) is 0 Å². The van der Waals surface area contributed by atoms with Crippen LogP contribution in [0.3, 0.4) is 0 Å². The number of aliphatic hydroxyl groups is 1. The molecule has 1 N–H and O–H groups in total. The van der Waals surface area contributed by atoms with Crippen molar-refractivity contribution in [3.63, 3.8) is 0 Å². The van der Waals surface area contributed by atoms with Crippen LogP contribution in [0.1, 0.15) is 115 Å². The van der Waals surface area contributed by atoms with E-state index in [9.17, 15) is 9.90 Å². The van der Waals surface area contributed by atoms with E-state index in [0.717, 1.165) is 57.3 Å². The van der Waals surface area contributed by atoms with E-state index in [-0.39, 0.29) is 5.41 Å². The number of carbonyl (C=O) groups excluding carboxylic acids is 1. The number of benzene rings is 1. The average Bonchev–Trinajstić information content (AvgIpc) is 3.51. The Morgan fingerprint density at radius 2 is 1.57 bits per heavy atom. The minimum Gasteiger partial charge on any atom is -0.390 e. The first-order chi connectivity index (χ1) is 13.3. The minimum absolute atomic E-state index is 0.119. The summed E-state index contributed by atoms with van der Waals surface area (Å²) in [5, 5.41) is 10.6. The van der Waals surface area contributed by atoms with E-state index in [2.05, 4.69) is 45.0 Å². The van der Waals surface area contributed by atoms with Crippen molar-refractivity contribution in [2.45, 2.75) is 116 Å². The summed E-state index contributed by atoms with van der Waals surface area (Å²) < 4.78 is 0. The van der Waals surface area contributed by atoms with Crippen LogP contribution in [-0.4, -0.2) is 16.5 Å². The third-order valence-electron chi connectivity index (χ3n) is 6.99. The number of ketones is 1. The summed E-state index contributed by atoms with van der Waals surface area (Å²) in [6.07, 6.45) is 12.7. The van der Waals surface area contributed by atoms with Gasteiger partial charge in [0.1, 0.15) is 5.78 Å². The molecule has 0 spiro atoms. The fourth-order valence-electron chi connectivity index (χ4n) is 4.66. The van der Waals surface area contributed by atoms with Crippen LogP contribution < -0.4 is 0 Å². The molecule has 2 fully saturated rings. The molecule has 0 unspecified atom stereocenters. The molecule has 2 aliphatic carbocycles. The summed E-state index contributed by atoms with van der Waals surface area (Å²) in [7, 11) is 0. The first kappa shape index (κ1) is 23.1. The molecule has 2 heteroatoms. The van der Waals surface area contributed by atoms with Crippen molar-refractivity contribution < 1.29 is 9.90 Å². The molecule has 0 aliphatic heterocycles. The molecule has 0 atom stereocenters. The Morgan fingerprint density at radius 3 is 2.04 bits per heavy atom. The van der Waals surface area contributed by atoms with E-state index in [1.54, 1.807) is 6.92 Å². The first-order valence-corrected chi connectivity index (χ1v) is 11.6. The van der Waals surface area contributed by atoms with Crippen LogP contribution >= 0.6 is 0 Å². The largest absolute Gasteiger partial charge is 0.390 e. The monoisotopic (exact) mass is 386 g/mol. The van der Waals surface area contributed by atoms with Gasteiger partial charge in [0.05, 0.1) is 5.60 Å². The zero-order chi connectivity index (χ0) is 20.6. The lowest BCUT2D eigenvalue weighted by Crippen LogP contribution is -2.42. The molecule has 158 valence electrons. The maximum atomic E-state index is 11.9. The van der Waals surface area contributed by atoms with Crippen LogP contribution in [0.25, 0.3) is 0 Å². The Morgan fingerprint density at radius 1 is 0.964 bits per heavy atom. The van der Waals surface area contributed by atoms with Crippen molar-refractivity contribution in [3.05, 3.63) is 35.4 Å². The number of rotatable bonds is 8. The average molecular weight is 387 g/mol. The normalized spacial score (nSPS) is 27.0. The van der Waals surface area contributed by atoms with Gasteiger partial charge in [0, 0.05) is 5.41 Å². The Hall–Kier alpha value is -1.15. The Kier molecular flexibility index (Phi) is 8.74. The number of carbonyl (C=O) groups is 1. The first-order valence-electron chi connectivity index (χ1n) is 11.6. The van der Waals surface area contributed by atoms with E-state index >= 15 is 0 Å². The Bertz CT molecular complexity index is 589. The van der Waals surface area contributed by atoms with Crippen molar-refractivity contribution in [1.29, 1.82) is 0 Å². The van der Waals surface area contributed by atoms with E-state index < -0.39 is 5.60 Å². The quantitative estimate of drug-likeness (QED) is 0.483. The van der Waals surface area contributed by atoms with Gasteiger partial charge in [-0.25, -0.2) is 0 Å². The summed E-state index contributed by atoms with van der Waals surface area (Å²) in [5.74, 6) is 1.24. The van der Waals surface area contributed by atoms with Gasteiger partial charge in [0.15, 0.2) is 0 Å². The summed E-state index contributed by atoms with van der Waals surface area (Å²) in [4.78, 5) is 11.9. The second-order valence-electron chi connectivity index (χ2n) is 9.45. The third kappa shape index (κ3) is 6.72. The molecule has 1 aromatic carbocycles. The number of hydrogen-bond donors (Lipinski definition) is 1. The van der Waals surface area contributed by atoms with Crippen molar-refractivity contribution >= 4 is 5.78 Å². The Labute approximate surface area is 173 Å². The topological polar surface area (TPSA) is 37.3 Å². The highest BCUT2D eigenvalue weighted by atomic mass is 16.3. The zero-order valence-electron chi connectivity index (χ0n) is 18.7. The standard InChI is InChI=1S/C16H30O2.C10H12/c1-4-6-7-9-16(18)12-10-15(8-5-2,11-13-16)14(3)17;1-8-2-4-9(5-3-8)10-6-7-10/h18H,4-13H2,1-3H3;2-5,10H,6-7H2,1H3. The molecule has 3 rings (SSSR count). The van der Waals surface area contributed by atoms with Gasteiger partial charge < -0.3 is 5.11 Å². The maximum Gasteiger partial charge on any atom is 0.135 e. The lowest BCUT2D eigenvalue weighted by molar-refractivity contribution is -0.133. The lowest BCUT2D eigenvalue weighted by Gasteiger charge is -2.43. The van der Waals surface area contributed by atoms with E-state index in [1.807, 2.05) is 0 Å². The fraction of sp³-hybridized carbons (Fsp3) is 0.731. The summed E-state index contributed by atoms with van der Waals surface area (Å²) >= 11 is 0. The van der Waals surface area contributed by atoms with Crippen molar-refractivity contribution in [2.24, 2.45) is 5.41 Å². The maximum absolute atomic E-state index is 11.9. The summed E-state index contributed by atoms with van der Waals surface area (Å²) in [5.41, 5.74) is 2.29. The fourth-order valence-corrected chi connectivity index (χ4v) is 4.66. The third-order valence-corrected chi connectivity index (χ3v) is 6.99. The van der Waals surface area contributed by atoms with Crippen molar-refractivity contribution in [1.82, 2.24) is 0 Å². The predicted octanol–water partition coefficient (Wildman–Crippen LogP) is 7.12.